The first-order chi connectivity index (χ1) is 12.3. The molecule has 140 valence electrons. The second-order valence-corrected chi connectivity index (χ2v) is 8.09. The monoisotopic (exact) mass is 377 g/mol. The van der Waals surface area contributed by atoms with Crippen molar-refractivity contribution < 1.29 is 12.8 Å². The van der Waals surface area contributed by atoms with E-state index in [0.29, 0.717) is 30.5 Å². The Morgan fingerprint density at radius 2 is 1.85 bits per heavy atom. The number of halogens is 1. The quantitative estimate of drug-likeness (QED) is 0.621. The SMILES string of the molecule is CCNC(=NCc1ccc(S(C)(=O)=O)cc1)N(C)Cc1cccc(F)c1. The Labute approximate surface area is 154 Å². The zero-order valence-electron chi connectivity index (χ0n) is 15.2. The number of hydrogen-bond acceptors (Lipinski definition) is 3. The molecule has 26 heavy (non-hydrogen) atoms. The van der Waals surface area contributed by atoms with Gasteiger partial charge >= 0.3 is 0 Å². The van der Waals surface area contributed by atoms with Crippen LogP contribution in [0.3, 0.4) is 0 Å². The minimum absolute atomic E-state index is 0.260. The average Bonchev–Trinajstić information content (AvgIpc) is 2.58. The third kappa shape index (κ3) is 5.84. The molecule has 0 fully saturated rings. The fourth-order valence-electron chi connectivity index (χ4n) is 2.46. The van der Waals surface area contributed by atoms with Crippen molar-refractivity contribution in [1.82, 2.24) is 10.2 Å². The van der Waals surface area contributed by atoms with Crippen molar-refractivity contribution in [3.8, 4) is 0 Å². The summed E-state index contributed by atoms with van der Waals surface area (Å²) >= 11 is 0. The van der Waals surface area contributed by atoms with Gasteiger partial charge in [-0.15, -0.1) is 0 Å². The predicted octanol–water partition coefficient (Wildman–Crippen LogP) is 2.83. The molecule has 0 bridgehead atoms. The molecule has 0 aromatic heterocycles. The maximum Gasteiger partial charge on any atom is 0.194 e. The second kappa shape index (κ2) is 8.80. The van der Waals surface area contributed by atoms with Gasteiger partial charge in [-0.25, -0.2) is 17.8 Å². The van der Waals surface area contributed by atoms with Gasteiger partial charge in [-0.2, -0.15) is 0 Å². The van der Waals surface area contributed by atoms with Crippen LogP contribution in [0.5, 0.6) is 0 Å². The van der Waals surface area contributed by atoms with Gasteiger partial charge in [-0.3, -0.25) is 0 Å². The van der Waals surface area contributed by atoms with Crippen LogP contribution in [0.25, 0.3) is 0 Å². The molecule has 7 heteroatoms. The van der Waals surface area contributed by atoms with Crippen LogP contribution in [0.15, 0.2) is 58.4 Å². The Balaban J connectivity index is 2.10. The molecule has 0 saturated carbocycles. The summed E-state index contributed by atoms with van der Waals surface area (Å²) in [5, 5.41) is 3.21. The van der Waals surface area contributed by atoms with Crippen LogP contribution in [-0.2, 0) is 22.9 Å². The standard InChI is InChI=1S/C19H24FN3O2S/c1-4-21-19(23(2)14-16-6-5-7-17(20)12-16)22-13-15-8-10-18(11-9-15)26(3,24)25/h5-12H,4,13-14H2,1-3H3,(H,21,22). The lowest BCUT2D eigenvalue weighted by Gasteiger charge is -2.22. The average molecular weight is 377 g/mol. The molecule has 1 N–H and O–H groups in total. The molecular weight excluding hydrogens is 353 g/mol. The zero-order valence-corrected chi connectivity index (χ0v) is 16.1. The first-order valence-corrected chi connectivity index (χ1v) is 10.2. The van der Waals surface area contributed by atoms with E-state index in [4.69, 9.17) is 0 Å². The van der Waals surface area contributed by atoms with Gasteiger partial charge in [0.05, 0.1) is 11.4 Å². The molecule has 0 amide bonds. The lowest BCUT2D eigenvalue weighted by molar-refractivity contribution is 0.475. The Morgan fingerprint density at radius 1 is 1.15 bits per heavy atom. The number of aliphatic imine (C=N–C) groups is 1. The highest BCUT2D eigenvalue weighted by Crippen LogP contribution is 2.12. The highest BCUT2D eigenvalue weighted by atomic mass is 32.2. The van der Waals surface area contributed by atoms with Crippen molar-refractivity contribution >= 4 is 15.8 Å². The van der Waals surface area contributed by atoms with Gasteiger partial charge < -0.3 is 10.2 Å². The van der Waals surface area contributed by atoms with Crippen molar-refractivity contribution in [3.05, 3.63) is 65.5 Å². The summed E-state index contributed by atoms with van der Waals surface area (Å²) in [6.45, 7) is 3.63. The van der Waals surface area contributed by atoms with E-state index in [0.717, 1.165) is 11.1 Å². The smallest absolute Gasteiger partial charge is 0.194 e. The zero-order chi connectivity index (χ0) is 19.2. The summed E-state index contributed by atoms with van der Waals surface area (Å²) in [7, 11) is -1.31. The molecule has 0 aliphatic heterocycles. The Bertz CT molecular complexity index is 865. The van der Waals surface area contributed by atoms with E-state index >= 15 is 0 Å². The molecular formula is C19H24FN3O2S. The molecule has 0 aliphatic carbocycles. The van der Waals surface area contributed by atoms with Crippen LogP contribution in [-0.4, -0.2) is 39.1 Å². The lowest BCUT2D eigenvalue weighted by Crippen LogP contribution is -2.38. The number of sulfone groups is 1. The molecule has 0 atom stereocenters. The van der Waals surface area contributed by atoms with Crippen molar-refractivity contribution in [3.63, 3.8) is 0 Å². The first kappa shape index (κ1) is 19.9. The summed E-state index contributed by atoms with van der Waals surface area (Å²) in [6, 6.07) is 13.2. The molecule has 0 saturated heterocycles. The van der Waals surface area contributed by atoms with Crippen LogP contribution < -0.4 is 5.32 Å². The number of rotatable bonds is 6. The topological polar surface area (TPSA) is 61.8 Å². The second-order valence-electron chi connectivity index (χ2n) is 6.07. The van der Waals surface area contributed by atoms with Crippen LogP contribution >= 0.6 is 0 Å². The van der Waals surface area contributed by atoms with Crippen molar-refractivity contribution in [2.45, 2.75) is 24.9 Å². The maximum atomic E-state index is 13.3. The van der Waals surface area contributed by atoms with Crippen molar-refractivity contribution in [1.29, 1.82) is 0 Å². The summed E-state index contributed by atoms with van der Waals surface area (Å²) in [6.07, 6.45) is 1.19. The van der Waals surface area contributed by atoms with Crippen LogP contribution in [0.2, 0.25) is 0 Å². The van der Waals surface area contributed by atoms with Gasteiger partial charge in [0.25, 0.3) is 0 Å². The van der Waals surface area contributed by atoms with Crippen LogP contribution in [0, 0.1) is 5.82 Å². The predicted molar refractivity (Wildman–Crippen MR) is 102 cm³/mol. The van der Waals surface area contributed by atoms with Gasteiger partial charge in [0, 0.05) is 26.4 Å². The minimum atomic E-state index is -3.20. The highest BCUT2D eigenvalue weighted by Gasteiger charge is 2.08. The normalized spacial score (nSPS) is 12.1. The molecule has 0 radical (unpaired) electrons. The van der Waals surface area contributed by atoms with Gasteiger partial charge in [0.1, 0.15) is 5.82 Å². The number of benzene rings is 2. The summed E-state index contributed by atoms with van der Waals surface area (Å²) in [4.78, 5) is 6.79. The van der Waals surface area contributed by atoms with E-state index in [9.17, 15) is 12.8 Å². The minimum Gasteiger partial charge on any atom is -0.357 e. The Hall–Kier alpha value is -2.41. The fourth-order valence-corrected chi connectivity index (χ4v) is 3.09. The molecule has 0 unspecified atom stereocenters. The highest BCUT2D eigenvalue weighted by molar-refractivity contribution is 7.90. The Kier molecular flexibility index (Phi) is 6.74. The van der Waals surface area contributed by atoms with Crippen molar-refractivity contribution in [2.24, 2.45) is 4.99 Å². The van der Waals surface area contributed by atoms with Gasteiger partial charge in [0.2, 0.25) is 0 Å². The summed E-state index contributed by atoms with van der Waals surface area (Å²) < 4.78 is 36.4. The van der Waals surface area contributed by atoms with Crippen LogP contribution in [0.4, 0.5) is 4.39 Å². The number of nitrogens with one attached hydrogen (secondary N) is 1. The van der Waals surface area contributed by atoms with Gasteiger partial charge in [-0.1, -0.05) is 24.3 Å². The molecule has 2 rings (SSSR count). The fraction of sp³-hybridized carbons (Fsp3) is 0.316. The van der Waals surface area contributed by atoms with Crippen molar-refractivity contribution in [2.75, 3.05) is 19.8 Å². The lowest BCUT2D eigenvalue weighted by atomic mass is 10.2. The maximum absolute atomic E-state index is 13.3. The molecule has 0 aliphatic rings. The van der Waals surface area contributed by atoms with Crippen LogP contribution in [0.1, 0.15) is 18.1 Å². The number of hydrogen-bond donors (Lipinski definition) is 1. The van der Waals surface area contributed by atoms with E-state index in [2.05, 4.69) is 10.3 Å². The van der Waals surface area contributed by atoms with E-state index in [1.807, 2.05) is 24.9 Å². The Morgan fingerprint density at radius 3 is 2.42 bits per heavy atom. The third-order valence-electron chi connectivity index (χ3n) is 3.77. The van der Waals surface area contributed by atoms with Gasteiger partial charge in [0.15, 0.2) is 15.8 Å². The molecule has 5 nitrogen and oxygen atoms in total. The van der Waals surface area contributed by atoms with Gasteiger partial charge in [-0.05, 0) is 42.3 Å². The molecule has 0 spiro atoms. The third-order valence-corrected chi connectivity index (χ3v) is 4.90. The van der Waals surface area contributed by atoms with E-state index in [1.165, 1.54) is 18.4 Å². The molecule has 2 aromatic carbocycles. The van der Waals surface area contributed by atoms with E-state index < -0.39 is 9.84 Å². The number of nitrogens with zero attached hydrogens (tertiary/aromatic N) is 2. The molecule has 0 heterocycles. The van der Waals surface area contributed by atoms with E-state index in [1.54, 1.807) is 30.3 Å². The first-order valence-electron chi connectivity index (χ1n) is 8.32. The largest absolute Gasteiger partial charge is 0.357 e. The van der Waals surface area contributed by atoms with E-state index in [-0.39, 0.29) is 5.82 Å². The summed E-state index contributed by atoms with van der Waals surface area (Å²) in [5.41, 5.74) is 1.77. The number of guanidine groups is 1. The summed E-state index contributed by atoms with van der Waals surface area (Å²) in [5.74, 6) is 0.438. The molecule has 2 aromatic rings.